The zero-order chi connectivity index (χ0) is 20.4. The van der Waals surface area contributed by atoms with Gasteiger partial charge in [0.1, 0.15) is 12.4 Å². The fourth-order valence-corrected chi connectivity index (χ4v) is 5.55. The van der Waals surface area contributed by atoms with Crippen molar-refractivity contribution in [3.8, 4) is 5.75 Å². The lowest BCUT2D eigenvalue weighted by molar-refractivity contribution is -0.137. The van der Waals surface area contributed by atoms with Crippen molar-refractivity contribution in [3.63, 3.8) is 0 Å². The van der Waals surface area contributed by atoms with Crippen LogP contribution in [-0.4, -0.2) is 59.9 Å². The molecule has 2 bridgehead atoms. The maximum absolute atomic E-state index is 13.4. The van der Waals surface area contributed by atoms with Crippen molar-refractivity contribution in [2.75, 3.05) is 26.2 Å². The van der Waals surface area contributed by atoms with Gasteiger partial charge in [0.05, 0.1) is 12.0 Å². The van der Waals surface area contributed by atoms with Crippen molar-refractivity contribution >= 4 is 11.8 Å². The Balaban J connectivity index is 1.46. The van der Waals surface area contributed by atoms with E-state index in [0.717, 1.165) is 56.5 Å². The number of benzene rings is 1. The first kappa shape index (κ1) is 20.2. The number of nitrogens with zero attached hydrogens (tertiary/aromatic N) is 2. The van der Waals surface area contributed by atoms with Crippen molar-refractivity contribution in [3.05, 3.63) is 29.8 Å². The number of amides is 2. The van der Waals surface area contributed by atoms with Crippen molar-refractivity contribution in [2.24, 2.45) is 5.41 Å². The van der Waals surface area contributed by atoms with Gasteiger partial charge in [-0.1, -0.05) is 32.0 Å². The summed E-state index contributed by atoms with van der Waals surface area (Å²) >= 11 is 0. The Bertz CT molecular complexity index is 767. The van der Waals surface area contributed by atoms with E-state index >= 15 is 0 Å². The molecule has 1 N–H and O–H groups in total. The minimum atomic E-state index is -0.414. The molecule has 2 saturated heterocycles. The van der Waals surface area contributed by atoms with Gasteiger partial charge in [-0.3, -0.25) is 14.5 Å². The molecular formula is C23H33N3O3. The Kier molecular flexibility index (Phi) is 5.81. The van der Waals surface area contributed by atoms with Gasteiger partial charge in [0, 0.05) is 37.3 Å². The molecule has 6 nitrogen and oxygen atoms in total. The lowest BCUT2D eigenvalue weighted by atomic mass is 9.71. The number of carbonyl (C=O) groups excluding carboxylic acids is 2. The number of fused-ring (bicyclic) bond motifs is 3. The summed E-state index contributed by atoms with van der Waals surface area (Å²) in [6, 6.07) is 8.30. The Morgan fingerprint density at radius 3 is 2.86 bits per heavy atom. The fourth-order valence-electron chi connectivity index (χ4n) is 5.55. The summed E-state index contributed by atoms with van der Waals surface area (Å²) in [5.41, 5.74) is 0.714. The van der Waals surface area contributed by atoms with Gasteiger partial charge in [0.25, 0.3) is 0 Å². The van der Waals surface area contributed by atoms with E-state index in [2.05, 4.69) is 35.0 Å². The zero-order valence-electron chi connectivity index (χ0n) is 17.7. The largest absolute Gasteiger partial charge is 0.492 e. The molecule has 2 fully saturated rings. The lowest BCUT2D eigenvalue weighted by Crippen LogP contribution is -2.51. The monoisotopic (exact) mass is 399 g/mol. The molecule has 0 saturated carbocycles. The smallest absolute Gasteiger partial charge is 0.237 e. The second-order valence-corrected chi connectivity index (χ2v) is 8.68. The maximum Gasteiger partial charge on any atom is 0.237 e. The minimum absolute atomic E-state index is 0.0392. The van der Waals surface area contributed by atoms with E-state index in [0.29, 0.717) is 19.7 Å². The standard InChI is InChI=1S/C23H33N3O3/c1-3-11-24-22(28)23(4-2)14-18-9-10-20(23)26(18)21(27)16-25-12-13-29-19-8-6-5-7-17(19)15-25/h5-8,18,20H,3-4,9-16H2,1-2H3,(H,24,28)/t18-,20+,23+/m1/s1. The Morgan fingerprint density at radius 2 is 2.07 bits per heavy atom. The minimum Gasteiger partial charge on any atom is -0.492 e. The molecule has 0 spiro atoms. The first-order valence-corrected chi connectivity index (χ1v) is 11.1. The highest BCUT2D eigenvalue weighted by molar-refractivity contribution is 5.87. The van der Waals surface area contributed by atoms with E-state index in [4.69, 9.17) is 4.74 Å². The highest BCUT2D eigenvalue weighted by Gasteiger charge is 2.60. The molecule has 6 heteroatoms. The topological polar surface area (TPSA) is 61.9 Å². The molecule has 0 aliphatic carbocycles. The van der Waals surface area contributed by atoms with Crippen LogP contribution in [0, 0.1) is 5.41 Å². The molecule has 3 atom stereocenters. The highest BCUT2D eigenvalue weighted by atomic mass is 16.5. The number of rotatable bonds is 6. The van der Waals surface area contributed by atoms with Gasteiger partial charge < -0.3 is 15.0 Å². The van der Waals surface area contributed by atoms with E-state index in [-0.39, 0.29) is 23.9 Å². The zero-order valence-corrected chi connectivity index (χ0v) is 17.7. The third-order valence-corrected chi connectivity index (χ3v) is 7.04. The predicted molar refractivity (Wildman–Crippen MR) is 112 cm³/mol. The number of hydrogen-bond donors (Lipinski definition) is 1. The Labute approximate surface area is 173 Å². The average molecular weight is 400 g/mol. The van der Waals surface area contributed by atoms with E-state index in [1.807, 2.05) is 18.2 Å². The molecule has 0 aromatic heterocycles. The van der Waals surface area contributed by atoms with E-state index in [9.17, 15) is 9.59 Å². The second kappa shape index (κ2) is 8.34. The van der Waals surface area contributed by atoms with Crippen LogP contribution in [0.4, 0.5) is 0 Å². The second-order valence-electron chi connectivity index (χ2n) is 8.68. The van der Waals surface area contributed by atoms with Gasteiger partial charge in [-0.2, -0.15) is 0 Å². The summed E-state index contributed by atoms with van der Waals surface area (Å²) in [7, 11) is 0. The van der Waals surface area contributed by atoms with Crippen molar-refractivity contribution in [2.45, 2.75) is 64.6 Å². The predicted octanol–water partition coefficient (Wildman–Crippen LogP) is 2.57. The van der Waals surface area contributed by atoms with Crippen molar-refractivity contribution in [1.82, 2.24) is 15.1 Å². The van der Waals surface area contributed by atoms with Crippen LogP contribution in [0.1, 0.15) is 51.5 Å². The molecule has 29 heavy (non-hydrogen) atoms. The lowest BCUT2D eigenvalue weighted by Gasteiger charge is -2.35. The van der Waals surface area contributed by atoms with Gasteiger partial charge in [0.15, 0.2) is 0 Å². The van der Waals surface area contributed by atoms with Gasteiger partial charge in [-0.25, -0.2) is 0 Å². The van der Waals surface area contributed by atoms with Crippen LogP contribution in [0.25, 0.3) is 0 Å². The van der Waals surface area contributed by atoms with E-state index in [1.165, 1.54) is 0 Å². The van der Waals surface area contributed by atoms with Gasteiger partial charge in [-0.05, 0) is 38.2 Å². The highest BCUT2D eigenvalue weighted by Crippen LogP contribution is 2.52. The Morgan fingerprint density at radius 1 is 1.24 bits per heavy atom. The molecule has 3 heterocycles. The third kappa shape index (κ3) is 3.63. The van der Waals surface area contributed by atoms with Gasteiger partial charge >= 0.3 is 0 Å². The van der Waals surface area contributed by atoms with Crippen LogP contribution in [0.2, 0.25) is 0 Å². The number of para-hydroxylation sites is 1. The number of carbonyl (C=O) groups is 2. The molecule has 1 aromatic carbocycles. The first-order valence-electron chi connectivity index (χ1n) is 11.1. The first-order chi connectivity index (χ1) is 14.1. The summed E-state index contributed by atoms with van der Waals surface area (Å²) in [5.74, 6) is 1.22. The molecule has 1 aromatic rings. The van der Waals surface area contributed by atoms with Crippen LogP contribution in [0.15, 0.2) is 24.3 Å². The number of nitrogens with one attached hydrogen (secondary N) is 1. The summed E-state index contributed by atoms with van der Waals surface area (Å²) < 4.78 is 5.84. The normalized spacial score (nSPS) is 28.6. The number of ether oxygens (including phenoxy) is 1. The molecular weight excluding hydrogens is 366 g/mol. The van der Waals surface area contributed by atoms with Crippen LogP contribution < -0.4 is 10.1 Å². The van der Waals surface area contributed by atoms with Crippen LogP contribution >= 0.6 is 0 Å². The van der Waals surface area contributed by atoms with E-state index in [1.54, 1.807) is 0 Å². The molecule has 3 aliphatic rings. The van der Waals surface area contributed by atoms with Crippen LogP contribution in [0.5, 0.6) is 5.75 Å². The third-order valence-electron chi connectivity index (χ3n) is 7.04. The SMILES string of the molecule is CCCNC(=O)[C@@]1(CC)C[C@H]2CC[C@@H]1N2C(=O)CN1CCOc2ccccc2C1. The average Bonchev–Trinajstić information content (AvgIpc) is 3.22. The van der Waals surface area contributed by atoms with Crippen LogP contribution in [-0.2, 0) is 16.1 Å². The molecule has 3 aliphatic heterocycles. The molecule has 2 amide bonds. The maximum atomic E-state index is 13.4. The summed E-state index contributed by atoms with van der Waals surface area (Å²) in [6.45, 7) is 7.31. The summed E-state index contributed by atoms with van der Waals surface area (Å²) in [5, 5.41) is 3.11. The van der Waals surface area contributed by atoms with Crippen molar-refractivity contribution in [1.29, 1.82) is 0 Å². The van der Waals surface area contributed by atoms with Gasteiger partial charge in [-0.15, -0.1) is 0 Å². The Hall–Kier alpha value is -2.08. The molecule has 4 rings (SSSR count). The van der Waals surface area contributed by atoms with E-state index < -0.39 is 5.41 Å². The quantitative estimate of drug-likeness (QED) is 0.799. The van der Waals surface area contributed by atoms with Crippen LogP contribution in [0.3, 0.4) is 0 Å². The summed E-state index contributed by atoms with van der Waals surface area (Å²) in [6.07, 6.45) is 4.49. The molecule has 0 unspecified atom stereocenters. The summed E-state index contributed by atoms with van der Waals surface area (Å²) in [4.78, 5) is 30.6. The fraction of sp³-hybridized carbons (Fsp3) is 0.652. The van der Waals surface area contributed by atoms with Crippen molar-refractivity contribution < 1.29 is 14.3 Å². The molecule has 0 radical (unpaired) electrons. The number of hydrogen-bond acceptors (Lipinski definition) is 4. The van der Waals surface area contributed by atoms with Gasteiger partial charge in [0.2, 0.25) is 11.8 Å². The molecule has 158 valence electrons.